The van der Waals surface area contributed by atoms with E-state index in [-0.39, 0.29) is 0 Å². The maximum absolute atomic E-state index is 2.70. The van der Waals surface area contributed by atoms with Crippen LogP contribution in [-0.2, 0) is 6.42 Å². The van der Waals surface area contributed by atoms with E-state index in [4.69, 9.17) is 0 Å². The van der Waals surface area contributed by atoms with Crippen LogP contribution in [-0.4, -0.2) is 29.3 Å². The maximum Gasteiger partial charge on any atom is 0.0263 e. The van der Waals surface area contributed by atoms with Crippen LogP contribution in [0, 0.1) is 0 Å². The van der Waals surface area contributed by atoms with Crippen LogP contribution in [0.5, 0.6) is 0 Å². The topological polar surface area (TPSA) is 3.24 Å². The molecule has 0 radical (unpaired) electrons. The average molecular weight is 247 g/mol. The Bertz CT molecular complexity index is 365. The molecule has 0 N–H and O–H groups in total. The molecule has 0 amide bonds. The highest BCUT2D eigenvalue weighted by atomic mass is 32.2. The zero-order valence-corrected chi connectivity index (χ0v) is 11.4. The highest BCUT2D eigenvalue weighted by molar-refractivity contribution is 8.00. The maximum atomic E-state index is 2.70. The Balaban J connectivity index is 1.61. The van der Waals surface area contributed by atoms with Crippen molar-refractivity contribution in [1.29, 1.82) is 0 Å². The molecule has 17 heavy (non-hydrogen) atoms. The second kappa shape index (κ2) is 5.03. The average Bonchev–Trinajstić information content (AvgIpc) is 2.74. The Labute approximate surface area is 109 Å². The van der Waals surface area contributed by atoms with Gasteiger partial charge in [0.25, 0.3) is 0 Å². The zero-order chi connectivity index (χ0) is 11.7. The van der Waals surface area contributed by atoms with Gasteiger partial charge in [-0.25, -0.2) is 0 Å². The van der Waals surface area contributed by atoms with E-state index in [1.165, 1.54) is 43.7 Å². The zero-order valence-electron chi connectivity index (χ0n) is 10.6. The van der Waals surface area contributed by atoms with Gasteiger partial charge in [0.15, 0.2) is 0 Å². The molecule has 0 aromatic heterocycles. The number of rotatable bonds is 2. The van der Waals surface area contributed by atoms with E-state index in [0.717, 1.165) is 11.3 Å². The predicted octanol–water partition coefficient (Wildman–Crippen LogP) is 3.58. The molecule has 1 aromatic carbocycles. The second-order valence-corrected chi connectivity index (χ2v) is 6.73. The van der Waals surface area contributed by atoms with Crippen molar-refractivity contribution in [3.63, 3.8) is 0 Å². The Kier molecular flexibility index (Phi) is 3.44. The first kappa shape index (κ1) is 11.6. The molecule has 1 fully saturated rings. The fraction of sp³-hybridized carbons (Fsp3) is 0.600. The minimum absolute atomic E-state index is 0.785. The second-order valence-electron chi connectivity index (χ2n) is 5.39. The number of piperidine rings is 1. The summed E-state index contributed by atoms with van der Waals surface area (Å²) < 4.78 is 0. The normalized spacial score (nSPS) is 29.2. The first-order valence-corrected chi connectivity index (χ1v) is 7.69. The first-order chi connectivity index (χ1) is 8.33. The number of fused-ring (bicyclic) bond motifs is 1. The lowest BCUT2D eigenvalue weighted by atomic mass is 10.0. The van der Waals surface area contributed by atoms with Crippen LogP contribution in [0.1, 0.15) is 31.7 Å². The Morgan fingerprint density at radius 2 is 2.18 bits per heavy atom. The number of hydrogen-bond donors (Lipinski definition) is 0. The van der Waals surface area contributed by atoms with Gasteiger partial charge in [-0.05, 0) is 44.4 Å². The SMILES string of the molecule is CC1CCCCN1CC1Cc2ccccc2S1. The van der Waals surface area contributed by atoms with Crippen molar-refractivity contribution < 1.29 is 0 Å². The van der Waals surface area contributed by atoms with E-state index in [9.17, 15) is 0 Å². The van der Waals surface area contributed by atoms with Crippen LogP contribution in [0.3, 0.4) is 0 Å². The Morgan fingerprint density at radius 3 is 3.00 bits per heavy atom. The first-order valence-electron chi connectivity index (χ1n) is 6.81. The minimum atomic E-state index is 0.785. The van der Waals surface area contributed by atoms with Crippen molar-refractivity contribution in [2.75, 3.05) is 13.1 Å². The summed E-state index contributed by atoms with van der Waals surface area (Å²) in [6, 6.07) is 9.71. The summed E-state index contributed by atoms with van der Waals surface area (Å²) in [6.07, 6.45) is 5.48. The third kappa shape index (κ3) is 2.53. The Morgan fingerprint density at radius 1 is 1.29 bits per heavy atom. The standard InChI is InChI=1S/C15H21NS/c1-12-6-4-5-9-16(12)11-14-10-13-7-2-3-8-15(13)17-14/h2-3,7-8,12,14H,4-6,9-11H2,1H3. The number of nitrogens with zero attached hydrogens (tertiary/aromatic N) is 1. The Hall–Kier alpha value is -0.470. The fourth-order valence-corrected chi connectivity index (χ4v) is 4.39. The van der Waals surface area contributed by atoms with Crippen molar-refractivity contribution in [2.45, 2.75) is 48.8 Å². The number of hydrogen-bond acceptors (Lipinski definition) is 2. The van der Waals surface area contributed by atoms with Crippen molar-refractivity contribution in [3.8, 4) is 0 Å². The van der Waals surface area contributed by atoms with Crippen molar-refractivity contribution in [1.82, 2.24) is 4.90 Å². The molecule has 2 unspecified atom stereocenters. The molecule has 2 aliphatic heterocycles. The summed E-state index contributed by atoms with van der Waals surface area (Å²) in [5.41, 5.74) is 1.56. The number of likely N-dealkylation sites (tertiary alicyclic amines) is 1. The number of benzene rings is 1. The van der Waals surface area contributed by atoms with E-state index in [0.29, 0.717) is 0 Å². The molecule has 92 valence electrons. The van der Waals surface area contributed by atoms with Crippen molar-refractivity contribution in [2.24, 2.45) is 0 Å². The molecule has 2 atom stereocenters. The third-order valence-electron chi connectivity index (χ3n) is 4.09. The molecule has 0 bridgehead atoms. The van der Waals surface area contributed by atoms with Gasteiger partial charge in [0.05, 0.1) is 0 Å². The van der Waals surface area contributed by atoms with Crippen LogP contribution in [0.4, 0.5) is 0 Å². The molecule has 3 rings (SSSR count). The van der Waals surface area contributed by atoms with E-state index < -0.39 is 0 Å². The summed E-state index contributed by atoms with van der Waals surface area (Å²) in [6.45, 7) is 4.99. The number of thioether (sulfide) groups is 1. The van der Waals surface area contributed by atoms with E-state index in [1.807, 2.05) is 0 Å². The van der Waals surface area contributed by atoms with Gasteiger partial charge in [0.2, 0.25) is 0 Å². The third-order valence-corrected chi connectivity index (χ3v) is 5.39. The smallest absolute Gasteiger partial charge is 0.0263 e. The molecule has 0 saturated carbocycles. The van der Waals surface area contributed by atoms with Gasteiger partial charge in [-0.3, -0.25) is 4.90 Å². The van der Waals surface area contributed by atoms with Crippen LogP contribution in [0.2, 0.25) is 0 Å². The largest absolute Gasteiger partial charge is 0.300 e. The van der Waals surface area contributed by atoms with Gasteiger partial charge in [-0.1, -0.05) is 24.6 Å². The quantitative estimate of drug-likeness (QED) is 0.786. The van der Waals surface area contributed by atoms with E-state index >= 15 is 0 Å². The molecule has 1 nitrogen and oxygen atoms in total. The van der Waals surface area contributed by atoms with Crippen molar-refractivity contribution >= 4 is 11.8 Å². The molecule has 2 aliphatic rings. The summed E-state index contributed by atoms with van der Waals surface area (Å²) >= 11 is 2.09. The van der Waals surface area contributed by atoms with Gasteiger partial charge in [-0.15, -0.1) is 11.8 Å². The molecule has 2 heterocycles. The molecule has 2 heteroatoms. The van der Waals surface area contributed by atoms with Gasteiger partial charge in [-0.2, -0.15) is 0 Å². The molecule has 0 aliphatic carbocycles. The van der Waals surface area contributed by atoms with E-state index in [1.54, 1.807) is 5.56 Å². The van der Waals surface area contributed by atoms with Gasteiger partial charge in [0, 0.05) is 22.7 Å². The van der Waals surface area contributed by atoms with Gasteiger partial charge < -0.3 is 0 Å². The van der Waals surface area contributed by atoms with Crippen LogP contribution < -0.4 is 0 Å². The monoisotopic (exact) mass is 247 g/mol. The summed E-state index contributed by atoms with van der Waals surface area (Å²) in [5, 5.41) is 0.785. The van der Waals surface area contributed by atoms with Crippen molar-refractivity contribution in [3.05, 3.63) is 29.8 Å². The lowest BCUT2D eigenvalue weighted by Crippen LogP contribution is -2.41. The minimum Gasteiger partial charge on any atom is -0.300 e. The summed E-state index contributed by atoms with van der Waals surface area (Å²) in [5.74, 6) is 0. The fourth-order valence-electron chi connectivity index (χ4n) is 3.05. The summed E-state index contributed by atoms with van der Waals surface area (Å²) in [4.78, 5) is 4.22. The predicted molar refractivity (Wildman–Crippen MR) is 74.7 cm³/mol. The molecule has 0 spiro atoms. The highest BCUT2D eigenvalue weighted by Crippen LogP contribution is 2.37. The molecule has 1 aromatic rings. The van der Waals surface area contributed by atoms with Gasteiger partial charge >= 0.3 is 0 Å². The van der Waals surface area contributed by atoms with Crippen LogP contribution in [0.25, 0.3) is 0 Å². The van der Waals surface area contributed by atoms with Gasteiger partial charge in [0.1, 0.15) is 0 Å². The molecular weight excluding hydrogens is 226 g/mol. The van der Waals surface area contributed by atoms with Crippen LogP contribution >= 0.6 is 11.8 Å². The van der Waals surface area contributed by atoms with Crippen LogP contribution in [0.15, 0.2) is 29.2 Å². The van der Waals surface area contributed by atoms with E-state index in [2.05, 4.69) is 47.9 Å². The molecular formula is C15H21NS. The summed E-state index contributed by atoms with van der Waals surface area (Å²) in [7, 11) is 0. The lowest BCUT2D eigenvalue weighted by Gasteiger charge is -2.34. The molecule has 1 saturated heterocycles. The lowest BCUT2D eigenvalue weighted by molar-refractivity contribution is 0.162. The highest BCUT2D eigenvalue weighted by Gasteiger charge is 2.26.